The van der Waals surface area contributed by atoms with Crippen LogP contribution in [0.3, 0.4) is 0 Å². The van der Waals surface area contributed by atoms with Crippen LogP contribution in [0.1, 0.15) is 24.8 Å². The number of likely N-dealkylation sites (tertiary alicyclic amines) is 1. The van der Waals surface area contributed by atoms with Crippen LogP contribution in [0.25, 0.3) is 0 Å². The average molecular weight is 274 g/mol. The van der Waals surface area contributed by atoms with Gasteiger partial charge in [0.25, 0.3) is 5.91 Å². The summed E-state index contributed by atoms with van der Waals surface area (Å²) < 4.78 is 0.896. The van der Waals surface area contributed by atoms with E-state index in [0.717, 1.165) is 48.3 Å². The number of likely N-dealkylation sites (N-methyl/N-ethyl adjacent to an activating group) is 1. The van der Waals surface area contributed by atoms with Gasteiger partial charge in [0.2, 0.25) is 0 Å². The van der Waals surface area contributed by atoms with Crippen molar-refractivity contribution in [1.82, 2.24) is 0 Å². The minimum absolute atomic E-state index is 0.251. The summed E-state index contributed by atoms with van der Waals surface area (Å²) in [6, 6.07) is 5.95. The molecule has 4 heteroatoms. The van der Waals surface area contributed by atoms with Crippen LogP contribution in [0.2, 0.25) is 0 Å². The Balaban J connectivity index is 1.81. The minimum Gasteiger partial charge on any atom is -0.399 e. The highest BCUT2D eigenvalue weighted by atomic mass is 16.2. The first-order chi connectivity index (χ1) is 9.57. The normalized spacial score (nSPS) is 20.8. The Bertz CT molecular complexity index is 520. The molecule has 2 aliphatic heterocycles. The van der Waals surface area contributed by atoms with Crippen molar-refractivity contribution < 1.29 is 9.28 Å². The van der Waals surface area contributed by atoms with Crippen molar-refractivity contribution in [1.29, 1.82) is 0 Å². The lowest BCUT2D eigenvalue weighted by Crippen LogP contribution is -2.50. The van der Waals surface area contributed by atoms with E-state index in [4.69, 9.17) is 5.73 Å². The van der Waals surface area contributed by atoms with Crippen molar-refractivity contribution in [2.45, 2.75) is 25.7 Å². The number of hydrogen-bond acceptors (Lipinski definition) is 2. The van der Waals surface area contributed by atoms with Crippen LogP contribution >= 0.6 is 0 Å². The van der Waals surface area contributed by atoms with Gasteiger partial charge in [-0.25, -0.2) is 0 Å². The van der Waals surface area contributed by atoms with Crippen molar-refractivity contribution in [3.05, 3.63) is 23.8 Å². The van der Waals surface area contributed by atoms with Crippen LogP contribution in [0.4, 0.5) is 11.4 Å². The lowest BCUT2D eigenvalue weighted by atomic mass is 10.0. The Hall–Kier alpha value is -1.55. The van der Waals surface area contributed by atoms with Gasteiger partial charge < -0.3 is 15.1 Å². The first kappa shape index (κ1) is 13.4. The molecular weight excluding hydrogens is 250 g/mol. The summed E-state index contributed by atoms with van der Waals surface area (Å²) in [5.41, 5.74) is 8.92. The number of carbonyl (C=O) groups is 1. The van der Waals surface area contributed by atoms with Gasteiger partial charge >= 0.3 is 0 Å². The van der Waals surface area contributed by atoms with Crippen LogP contribution in [0, 0.1) is 0 Å². The largest absolute Gasteiger partial charge is 0.399 e. The molecule has 2 N–H and O–H groups in total. The summed E-state index contributed by atoms with van der Waals surface area (Å²) in [7, 11) is 2.20. The van der Waals surface area contributed by atoms with E-state index in [1.54, 1.807) is 0 Å². The Morgan fingerprint density at radius 3 is 2.80 bits per heavy atom. The second-order valence-electron chi connectivity index (χ2n) is 6.47. The van der Waals surface area contributed by atoms with E-state index >= 15 is 0 Å². The molecule has 2 heterocycles. The monoisotopic (exact) mass is 274 g/mol. The highest BCUT2D eigenvalue weighted by Gasteiger charge is 2.33. The van der Waals surface area contributed by atoms with Crippen LogP contribution in [0.5, 0.6) is 0 Å². The lowest BCUT2D eigenvalue weighted by Gasteiger charge is -2.34. The standard InChI is InChI=1S/C16H24N3O/c1-19(9-2-3-10-19)12-16(20)18-8-4-5-13-6-7-14(17)11-15(13)18/h6-7,11H,2-5,8-10,12,17H2,1H3/q+1. The molecule has 0 bridgehead atoms. The molecule has 108 valence electrons. The number of quaternary nitrogens is 1. The predicted molar refractivity (Wildman–Crippen MR) is 81.5 cm³/mol. The summed E-state index contributed by atoms with van der Waals surface area (Å²) in [5, 5.41) is 0. The van der Waals surface area contributed by atoms with Gasteiger partial charge in [0.05, 0.1) is 20.1 Å². The number of nitrogens with zero attached hydrogens (tertiary/aromatic N) is 2. The summed E-state index contributed by atoms with van der Waals surface area (Å²) in [6.45, 7) is 3.70. The summed E-state index contributed by atoms with van der Waals surface area (Å²) in [5.74, 6) is 0.251. The van der Waals surface area contributed by atoms with Crippen molar-refractivity contribution in [3.8, 4) is 0 Å². The average Bonchev–Trinajstić information content (AvgIpc) is 2.84. The molecule has 1 aromatic carbocycles. The molecule has 3 rings (SSSR count). The fraction of sp³-hybridized carbons (Fsp3) is 0.562. The molecule has 1 saturated heterocycles. The number of benzene rings is 1. The zero-order chi connectivity index (χ0) is 14.2. The third-order valence-electron chi connectivity index (χ3n) is 4.69. The summed E-state index contributed by atoms with van der Waals surface area (Å²) in [4.78, 5) is 14.7. The molecule has 1 amide bonds. The molecule has 0 saturated carbocycles. The molecule has 0 radical (unpaired) electrons. The van der Waals surface area contributed by atoms with Gasteiger partial charge in [-0.1, -0.05) is 6.07 Å². The number of aryl methyl sites for hydroxylation is 1. The fourth-order valence-electron chi connectivity index (χ4n) is 3.52. The number of anilines is 2. The van der Waals surface area contributed by atoms with Gasteiger partial charge in [-0.3, -0.25) is 4.79 Å². The lowest BCUT2D eigenvalue weighted by molar-refractivity contribution is -0.889. The van der Waals surface area contributed by atoms with E-state index in [9.17, 15) is 4.79 Å². The zero-order valence-electron chi connectivity index (χ0n) is 12.3. The Morgan fingerprint density at radius 2 is 2.05 bits per heavy atom. The summed E-state index contributed by atoms with van der Waals surface area (Å²) >= 11 is 0. The Kier molecular flexibility index (Phi) is 3.42. The van der Waals surface area contributed by atoms with Gasteiger partial charge in [-0.05, 0) is 30.5 Å². The van der Waals surface area contributed by atoms with Gasteiger partial charge in [0, 0.05) is 30.8 Å². The smallest absolute Gasteiger partial charge is 0.282 e. The Morgan fingerprint density at radius 1 is 1.30 bits per heavy atom. The molecule has 4 nitrogen and oxygen atoms in total. The third-order valence-corrected chi connectivity index (χ3v) is 4.69. The van der Waals surface area contributed by atoms with Gasteiger partial charge in [-0.15, -0.1) is 0 Å². The van der Waals surface area contributed by atoms with Crippen LogP contribution in [-0.2, 0) is 11.2 Å². The van der Waals surface area contributed by atoms with E-state index in [1.165, 1.54) is 18.4 Å². The van der Waals surface area contributed by atoms with Gasteiger partial charge in [0.1, 0.15) is 0 Å². The van der Waals surface area contributed by atoms with Crippen LogP contribution in [-0.4, -0.2) is 43.6 Å². The van der Waals surface area contributed by atoms with Gasteiger partial charge in [0.15, 0.2) is 6.54 Å². The maximum atomic E-state index is 12.7. The van der Waals surface area contributed by atoms with E-state index < -0.39 is 0 Å². The molecular formula is C16H24N3O+. The minimum atomic E-state index is 0.251. The highest BCUT2D eigenvalue weighted by Crippen LogP contribution is 2.30. The number of nitrogen functional groups attached to an aromatic ring is 1. The first-order valence-corrected chi connectivity index (χ1v) is 7.60. The molecule has 0 aliphatic carbocycles. The zero-order valence-corrected chi connectivity index (χ0v) is 12.3. The maximum Gasteiger partial charge on any atom is 0.282 e. The topological polar surface area (TPSA) is 46.3 Å². The van der Waals surface area contributed by atoms with E-state index in [0.29, 0.717) is 6.54 Å². The van der Waals surface area contributed by atoms with Crippen molar-refractivity contribution in [2.75, 3.05) is 43.9 Å². The second-order valence-corrected chi connectivity index (χ2v) is 6.47. The van der Waals surface area contributed by atoms with Gasteiger partial charge in [-0.2, -0.15) is 0 Å². The Labute approximate surface area is 120 Å². The summed E-state index contributed by atoms with van der Waals surface area (Å²) in [6.07, 6.45) is 4.58. The second kappa shape index (κ2) is 5.09. The molecule has 0 atom stereocenters. The quantitative estimate of drug-likeness (QED) is 0.660. The van der Waals surface area contributed by atoms with E-state index in [2.05, 4.69) is 13.1 Å². The molecule has 1 aromatic rings. The van der Waals surface area contributed by atoms with Crippen LogP contribution in [0.15, 0.2) is 18.2 Å². The fourth-order valence-corrected chi connectivity index (χ4v) is 3.52. The first-order valence-electron chi connectivity index (χ1n) is 7.60. The third kappa shape index (κ3) is 2.52. The number of nitrogens with two attached hydrogens (primary N) is 1. The van der Waals surface area contributed by atoms with Crippen molar-refractivity contribution in [3.63, 3.8) is 0 Å². The molecule has 0 aromatic heterocycles. The number of fused-ring (bicyclic) bond motifs is 1. The number of rotatable bonds is 2. The van der Waals surface area contributed by atoms with E-state index in [-0.39, 0.29) is 5.91 Å². The van der Waals surface area contributed by atoms with Crippen molar-refractivity contribution in [2.24, 2.45) is 0 Å². The maximum absolute atomic E-state index is 12.7. The molecule has 0 unspecified atom stereocenters. The van der Waals surface area contributed by atoms with Crippen molar-refractivity contribution >= 4 is 17.3 Å². The highest BCUT2D eigenvalue weighted by molar-refractivity contribution is 5.95. The molecule has 0 spiro atoms. The number of carbonyl (C=O) groups excluding carboxylic acids is 1. The number of hydrogen-bond donors (Lipinski definition) is 1. The molecule has 20 heavy (non-hydrogen) atoms. The SMILES string of the molecule is C[N+]1(CC(=O)N2CCCc3ccc(N)cc32)CCCC1. The van der Waals surface area contributed by atoms with Crippen LogP contribution < -0.4 is 10.6 Å². The predicted octanol–water partition coefficient (Wildman–Crippen LogP) is 1.79. The number of amides is 1. The van der Waals surface area contributed by atoms with E-state index in [1.807, 2.05) is 17.0 Å². The molecule has 1 fully saturated rings. The molecule has 2 aliphatic rings.